The SMILES string of the molecule is C1=CCCC(CNCc2ccc(C3C=CC=C(c4ccccc4Nc4ccc(-c5cccc6oc7c(c56)C=CCC7)cc4)C3)cc2)=C1. The second-order valence-corrected chi connectivity index (χ2v) is 12.8. The number of rotatable bonds is 9. The Balaban J connectivity index is 0.952. The number of fused-ring (bicyclic) bond motifs is 3. The standard InChI is InChI=1S/C44H40N2O/c1-2-10-31(11-3-1)29-45-30-32-20-22-33(23-21-32)35-12-8-13-36(28-35)38-14-4-6-17-41(38)46-37-26-24-34(25-27-37)39-16-9-19-43-44(39)40-15-5-7-18-42(40)47-43/h1-2,4-6,8-10,12-17,19-27,35,45-46H,3,7,11,18,28-30H2. The fourth-order valence-electron chi connectivity index (χ4n) is 7.16. The molecule has 1 aromatic heterocycles. The average molecular weight is 613 g/mol. The molecule has 4 aromatic carbocycles. The summed E-state index contributed by atoms with van der Waals surface area (Å²) in [7, 11) is 0. The summed E-state index contributed by atoms with van der Waals surface area (Å²) in [4.78, 5) is 0. The van der Waals surface area contributed by atoms with Gasteiger partial charge in [-0.25, -0.2) is 0 Å². The first-order chi connectivity index (χ1) is 23.3. The Morgan fingerprint density at radius 3 is 2.45 bits per heavy atom. The van der Waals surface area contributed by atoms with Crippen molar-refractivity contribution in [1.29, 1.82) is 0 Å². The molecule has 2 N–H and O–H groups in total. The molecule has 0 fully saturated rings. The van der Waals surface area contributed by atoms with E-state index in [4.69, 9.17) is 4.42 Å². The van der Waals surface area contributed by atoms with Gasteiger partial charge in [0.2, 0.25) is 0 Å². The zero-order chi connectivity index (χ0) is 31.4. The molecule has 3 aliphatic carbocycles. The molecule has 1 unspecified atom stereocenters. The maximum Gasteiger partial charge on any atom is 0.135 e. The van der Waals surface area contributed by atoms with E-state index in [1.165, 1.54) is 56.3 Å². The predicted octanol–water partition coefficient (Wildman–Crippen LogP) is 11.3. The lowest BCUT2D eigenvalue weighted by molar-refractivity contribution is 0.546. The molecule has 3 heteroatoms. The summed E-state index contributed by atoms with van der Waals surface area (Å²) >= 11 is 0. The molecule has 0 aliphatic heterocycles. The van der Waals surface area contributed by atoms with Gasteiger partial charge in [-0.2, -0.15) is 0 Å². The van der Waals surface area contributed by atoms with E-state index in [0.29, 0.717) is 5.92 Å². The van der Waals surface area contributed by atoms with Gasteiger partial charge in [-0.05, 0) is 77.8 Å². The van der Waals surface area contributed by atoms with Crippen molar-refractivity contribution in [1.82, 2.24) is 5.32 Å². The van der Waals surface area contributed by atoms with Crippen LogP contribution >= 0.6 is 0 Å². The average Bonchev–Trinajstić information content (AvgIpc) is 3.52. The Kier molecular flexibility index (Phi) is 8.30. The van der Waals surface area contributed by atoms with E-state index in [2.05, 4.69) is 150 Å². The van der Waals surface area contributed by atoms with Crippen molar-refractivity contribution in [3.05, 3.63) is 167 Å². The zero-order valence-corrected chi connectivity index (χ0v) is 26.7. The molecule has 1 heterocycles. The molecule has 0 saturated carbocycles. The summed E-state index contributed by atoms with van der Waals surface area (Å²) in [5, 5.41) is 8.56. The Morgan fingerprint density at radius 2 is 1.57 bits per heavy atom. The number of hydrogen-bond donors (Lipinski definition) is 2. The zero-order valence-electron chi connectivity index (χ0n) is 26.7. The lowest BCUT2D eigenvalue weighted by atomic mass is 9.85. The van der Waals surface area contributed by atoms with E-state index in [1.807, 2.05) is 0 Å². The molecule has 1 atom stereocenters. The van der Waals surface area contributed by atoms with E-state index in [1.54, 1.807) is 0 Å². The van der Waals surface area contributed by atoms with Crippen molar-refractivity contribution < 1.29 is 4.42 Å². The minimum atomic E-state index is 0.356. The van der Waals surface area contributed by atoms with Crippen LogP contribution in [-0.4, -0.2) is 6.54 Å². The van der Waals surface area contributed by atoms with Gasteiger partial charge in [-0.3, -0.25) is 0 Å². The number of aryl methyl sites for hydroxylation is 1. The quantitative estimate of drug-likeness (QED) is 0.174. The highest BCUT2D eigenvalue weighted by atomic mass is 16.3. The Labute approximate surface area is 277 Å². The second kappa shape index (κ2) is 13.3. The molecule has 0 radical (unpaired) electrons. The molecular weight excluding hydrogens is 572 g/mol. The lowest BCUT2D eigenvalue weighted by Gasteiger charge is -2.22. The monoisotopic (exact) mass is 612 g/mol. The minimum Gasteiger partial charge on any atom is -0.460 e. The van der Waals surface area contributed by atoms with Gasteiger partial charge < -0.3 is 15.1 Å². The van der Waals surface area contributed by atoms with Crippen LogP contribution in [0.5, 0.6) is 0 Å². The Morgan fingerprint density at radius 1 is 0.723 bits per heavy atom. The normalized spacial score (nSPS) is 17.0. The summed E-state index contributed by atoms with van der Waals surface area (Å²) in [6, 6.07) is 33.0. The molecule has 47 heavy (non-hydrogen) atoms. The van der Waals surface area contributed by atoms with Gasteiger partial charge >= 0.3 is 0 Å². The molecule has 0 bridgehead atoms. The maximum atomic E-state index is 6.22. The van der Waals surface area contributed by atoms with Gasteiger partial charge in [0.1, 0.15) is 11.3 Å². The highest BCUT2D eigenvalue weighted by Gasteiger charge is 2.19. The fourth-order valence-corrected chi connectivity index (χ4v) is 7.16. The number of anilines is 2. The summed E-state index contributed by atoms with van der Waals surface area (Å²) < 4.78 is 6.22. The van der Waals surface area contributed by atoms with Gasteiger partial charge in [-0.1, -0.05) is 121 Å². The molecule has 232 valence electrons. The number of allylic oxidation sites excluding steroid dienone is 8. The van der Waals surface area contributed by atoms with Crippen LogP contribution < -0.4 is 10.6 Å². The van der Waals surface area contributed by atoms with E-state index >= 15 is 0 Å². The van der Waals surface area contributed by atoms with Crippen LogP contribution in [0.4, 0.5) is 11.4 Å². The van der Waals surface area contributed by atoms with Gasteiger partial charge in [0.15, 0.2) is 0 Å². The summed E-state index contributed by atoms with van der Waals surface area (Å²) in [5.41, 5.74) is 13.6. The molecule has 3 aliphatic rings. The second-order valence-electron chi connectivity index (χ2n) is 12.8. The number of para-hydroxylation sites is 1. The van der Waals surface area contributed by atoms with E-state index < -0.39 is 0 Å². The van der Waals surface area contributed by atoms with Crippen LogP contribution in [0.2, 0.25) is 0 Å². The molecule has 0 saturated heterocycles. The number of nitrogens with one attached hydrogen (secondary N) is 2. The predicted molar refractivity (Wildman–Crippen MR) is 198 cm³/mol. The fraction of sp³-hybridized carbons (Fsp3) is 0.182. The summed E-state index contributed by atoms with van der Waals surface area (Å²) in [6.45, 7) is 1.86. The molecule has 0 spiro atoms. The number of furan rings is 1. The molecule has 8 rings (SSSR count). The first kappa shape index (κ1) is 29.3. The van der Waals surface area contributed by atoms with Crippen molar-refractivity contribution in [2.45, 2.75) is 44.6 Å². The topological polar surface area (TPSA) is 37.2 Å². The van der Waals surface area contributed by atoms with Crippen molar-refractivity contribution in [2.75, 3.05) is 11.9 Å². The first-order valence-corrected chi connectivity index (χ1v) is 17.0. The smallest absolute Gasteiger partial charge is 0.135 e. The number of hydrogen-bond acceptors (Lipinski definition) is 3. The largest absolute Gasteiger partial charge is 0.460 e. The van der Waals surface area contributed by atoms with Gasteiger partial charge in [-0.15, -0.1) is 0 Å². The third-order valence-corrected chi connectivity index (χ3v) is 9.67. The van der Waals surface area contributed by atoms with Gasteiger partial charge in [0, 0.05) is 53.3 Å². The van der Waals surface area contributed by atoms with Gasteiger partial charge in [0.05, 0.1) is 0 Å². The van der Waals surface area contributed by atoms with E-state index in [0.717, 1.165) is 61.5 Å². The molecule has 0 amide bonds. The van der Waals surface area contributed by atoms with E-state index in [-0.39, 0.29) is 0 Å². The van der Waals surface area contributed by atoms with Gasteiger partial charge in [0.25, 0.3) is 0 Å². The lowest BCUT2D eigenvalue weighted by Crippen LogP contribution is -2.17. The van der Waals surface area contributed by atoms with Crippen LogP contribution in [0.3, 0.4) is 0 Å². The highest BCUT2D eigenvalue weighted by Crippen LogP contribution is 2.40. The van der Waals surface area contributed by atoms with Crippen LogP contribution in [0, 0.1) is 0 Å². The molecular formula is C44H40N2O. The third kappa shape index (κ3) is 6.32. The van der Waals surface area contributed by atoms with Crippen LogP contribution in [-0.2, 0) is 13.0 Å². The molecule has 3 nitrogen and oxygen atoms in total. The summed E-state index contributed by atoms with van der Waals surface area (Å²) in [6.07, 6.45) is 23.3. The third-order valence-electron chi connectivity index (χ3n) is 9.67. The first-order valence-electron chi connectivity index (χ1n) is 17.0. The highest BCUT2D eigenvalue weighted by molar-refractivity contribution is 6.01. The summed E-state index contributed by atoms with van der Waals surface area (Å²) in [5.74, 6) is 1.46. The number of benzene rings is 4. The van der Waals surface area contributed by atoms with Crippen LogP contribution in [0.15, 0.2) is 144 Å². The van der Waals surface area contributed by atoms with Crippen LogP contribution in [0.1, 0.15) is 59.6 Å². The van der Waals surface area contributed by atoms with Crippen LogP contribution in [0.25, 0.3) is 33.7 Å². The van der Waals surface area contributed by atoms with E-state index in [9.17, 15) is 0 Å². The Hall–Kier alpha value is -5.12. The minimum absolute atomic E-state index is 0.356. The Bertz CT molecular complexity index is 2050. The van der Waals surface area contributed by atoms with Crippen molar-refractivity contribution >= 4 is 34.0 Å². The van der Waals surface area contributed by atoms with Crippen molar-refractivity contribution in [3.63, 3.8) is 0 Å². The van der Waals surface area contributed by atoms with Crippen molar-refractivity contribution in [2.24, 2.45) is 0 Å². The van der Waals surface area contributed by atoms with Crippen molar-refractivity contribution in [3.8, 4) is 11.1 Å². The molecule has 5 aromatic rings. The maximum absolute atomic E-state index is 6.22.